The first-order chi connectivity index (χ1) is 9.15. The Bertz CT molecular complexity index is 307. The Morgan fingerprint density at radius 3 is 2.25 bits per heavy atom. The van der Waals surface area contributed by atoms with Gasteiger partial charge in [-0.3, -0.25) is 4.79 Å². The maximum absolute atomic E-state index is 11.7. The lowest BCUT2D eigenvalue weighted by Gasteiger charge is -2.25. The van der Waals surface area contributed by atoms with Gasteiger partial charge in [-0.05, 0) is 33.1 Å². The van der Waals surface area contributed by atoms with Gasteiger partial charge in [-0.25, -0.2) is 4.79 Å². The predicted molar refractivity (Wildman–Crippen MR) is 78.5 cm³/mol. The number of ether oxygens (including phenoxy) is 2. The van der Waals surface area contributed by atoms with Gasteiger partial charge >= 0.3 is 12.1 Å². The van der Waals surface area contributed by atoms with Crippen LogP contribution < -0.4 is 5.32 Å². The molecule has 0 saturated carbocycles. The minimum absolute atomic E-state index is 0.154. The fourth-order valence-electron chi connectivity index (χ4n) is 1.44. The number of hydrogen-bond acceptors (Lipinski definition) is 4. The second kappa shape index (κ2) is 8.82. The number of amides is 1. The number of nitrogens with one attached hydrogen (secondary N) is 1. The molecule has 0 saturated heterocycles. The van der Waals surface area contributed by atoms with Crippen molar-refractivity contribution in [3.8, 4) is 0 Å². The summed E-state index contributed by atoms with van der Waals surface area (Å²) in [6.45, 7) is 11.5. The van der Waals surface area contributed by atoms with Crippen molar-refractivity contribution in [2.75, 3.05) is 6.61 Å². The largest absolute Gasteiger partial charge is 0.463 e. The van der Waals surface area contributed by atoms with Crippen LogP contribution in [-0.2, 0) is 14.3 Å². The molecule has 1 amide bonds. The molecule has 1 unspecified atom stereocenters. The van der Waals surface area contributed by atoms with Gasteiger partial charge in [0.15, 0.2) is 0 Å². The Morgan fingerprint density at radius 2 is 1.80 bits per heavy atom. The average molecular weight is 287 g/mol. The van der Waals surface area contributed by atoms with Crippen LogP contribution in [-0.4, -0.2) is 30.3 Å². The van der Waals surface area contributed by atoms with E-state index < -0.39 is 11.7 Å². The summed E-state index contributed by atoms with van der Waals surface area (Å²) in [6, 6.07) is -0.240. The smallest absolute Gasteiger partial charge is 0.407 e. The lowest BCUT2D eigenvalue weighted by atomic mass is 10.1. The molecule has 0 aromatic heterocycles. The van der Waals surface area contributed by atoms with E-state index in [1.54, 1.807) is 0 Å². The molecule has 1 N–H and O–H groups in total. The van der Waals surface area contributed by atoms with Crippen molar-refractivity contribution in [2.24, 2.45) is 5.92 Å². The molecule has 0 spiro atoms. The van der Waals surface area contributed by atoms with Crippen LogP contribution in [0.5, 0.6) is 0 Å². The van der Waals surface area contributed by atoms with E-state index in [1.165, 1.54) is 0 Å². The van der Waals surface area contributed by atoms with E-state index in [0.717, 1.165) is 12.8 Å². The van der Waals surface area contributed by atoms with E-state index in [4.69, 9.17) is 9.47 Å². The zero-order valence-electron chi connectivity index (χ0n) is 13.6. The Balaban J connectivity index is 4.24. The third-order valence-electron chi connectivity index (χ3n) is 2.67. The van der Waals surface area contributed by atoms with Crippen molar-refractivity contribution in [3.05, 3.63) is 0 Å². The molecular weight excluding hydrogens is 258 g/mol. The van der Waals surface area contributed by atoms with Gasteiger partial charge in [0.25, 0.3) is 0 Å². The van der Waals surface area contributed by atoms with Crippen LogP contribution in [0, 0.1) is 5.92 Å². The molecule has 1 atom stereocenters. The van der Waals surface area contributed by atoms with E-state index in [0.29, 0.717) is 6.42 Å². The zero-order chi connectivity index (χ0) is 15.8. The summed E-state index contributed by atoms with van der Waals surface area (Å²) < 4.78 is 10.4. The van der Waals surface area contributed by atoms with Gasteiger partial charge in [0.1, 0.15) is 12.2 Å². The van der Waals surface area contributed by atoms with Crippen molar-refractivity contribution in [3.63, 3.8) is 0 Å². The Labute approximate surface area is 122 Å². The summed E-state index contributed by atoms with van der Waals surface area (Å²) in [5.74, 6) is -0.0648. The van der Waals surface area contributed by atoms with Gasteiger partial charge in [-0.1, -0.05) is 27.2 Å². The van der Waals surface area contributed by atoms with Crippen molar-refractivity contribution >= 4 is 12.1 Å². The lowest BCUT2D eigenvalue weighted by molar-refractivity contribution is -0.144. The first kappa shape index (κ1) is 18.7. The van der Waals surface area contributed by atoms with Gasteiger partial charge in [0, 0.05) is 6.42 Å². The second-order valence-electron chi connectivity index (χ2n) is 6.28. The average Bonchev–Trinajstić information content (AvgIpc) is 2.29. The number of unbranched alkanes of at least 4 members (excludes halogenated alkanes) is 1. The van der Waals surface area contributed by atoms with Crippen molar-refractivity contribution in [1.29, 1.82) is 0 Å². The third kappa shape index (κ3) is 9.64. The predicted octanol–water partition coefficient (Wildman–Crippen LogP) is 3.27. The zero-order valence-corrected chi connectivity index (χ0v) is 13.6. The molecule has 5 heteroatoms. The van der Waals surface area contributed by atoms with Crippen LogP contribution in [0.1, 0.15) is 60.8 Å². The highest BCUT2D eigenvalue weighted by atomic mass is 16.6. The number of esters is 1. The molecule has 5 nitrogen and oxygen atoms in total. The van der Waals surface area contributed by atoms with Crippen LogP contribution in [0.15, 0.2) is 0 Å². The summed E-state index contributed by atoms with van der Waals surface area (Å²) >= 11 is 0. The minimum Gasteiger partial charge on any atom is -0.463 e. The molecule has 0 aliphatic heterocycles. The van der Waals surface area contributed by atoms with Gasteiger partial charge in [-0.15, -0.1) is 0 Å². The molecule has 0 bridgehead atoms. The van der Waals surface area contributed by atoms with Gasteiger partial charge in [-0.2, -0.15) is 0 Å². The molecule has 0 heterocycles. The summed E-state index contributed by atoms with van der Waals surface area (Å²) in [4.78, 5) is 23.2. The fourth-order valence-corrected chi connectivity index (χ4v) is 1.44. The number of carbonyl (C=O) groups is 2. The van der Waals surface area contributed by atoms with Crippen molar-refractivity contribution in [1.82, 2.24) is 5.32 Å². The SMILES string of the molecule is CCCCC(=O)OCC(NC(=O)OC(C)(C)C)C(C)C. The molecule has 0 rings (SSSR count). The van der Waals surface area contributed by atoms with Crippen LogP contribution in [0.2, 0.25) is 0 Å². The normalized spacial score (nSPS) is 12.9. The molecule has 20 heavy (non-hydrogen) atoms. The molecule has 0 aromatic carbocycles. The summed E-state index contributed by atoms with van der Waals surface area (Å²) in [6.07, 6.45) is 1.72. The van der Waals surface area contributed by atoms with Gasteiger partial charge in [0.2, 0.25) is 0 Å². The van der Waals surface area contributed by atoms with E-state index in [1.807, 2.05) is 41.5 Å². The van der Waals surface area contributed by atoms with Gasteiger partial charge in [0.05, 0.1) is 6.04 Å². The Morgan fingerprint density at radius 1 is 1.20 bits per heavy atom. The molecular formula is C15H29NO4. The highest BCUT2D eigenvalue weighted by molar-refractivity contribution is 5.70. The number of rotatable bonds is 7. The maximum atomic E-state index is 11.7. The summed E-state index contributed by atoms with van der Waals surface area (Å²) in [5, 5.41) is 2.75. The standard InChI is InChI=1S/C15H29NO4/c1-7-8-9-13(17)19-10-12(11(2)3)16-14(18)20-15(4,5)6/h11-12H,7-10H2,1-6H3,(H,16,18). The topological polar surface area (TPSA) is 64.6 Å². The first-order valence-electron chi connectivity index (χ1n) is 7.30. The summed E-state index contributed by atoms with van der Waals surface area (Å²) in [5.41, 5.74) is -0.538. The molecule has 0 fully saturated rings. The fraction of sp³-hybridized carbons (Fsp3) is 0.867. The van der Waals surface area contributed by atoms with E-state index in [-0.39, 0.29) is 24.5 Å². The van der Waals surface area contributed by atoms with Crippen LogP contribution in [0.25, 0.3) is 0 Å². The van der Waals surface area contributed by atoms with E-state index in [2.05, 4.69) is 5.32 Å². The maximum Gasteiger partial charge on any atom is 0.407 e. The third-order valence-corrected chi connectivity index (χ3v) is 2.67. The lowest BCUT2D eigenvalue weighted by Crippen LogP contribution is -2.44. The molecule has 0 radical (unpaired) electrons. The quantitative estimate of drug-likeness (QED) is 0.730. The van der Waals surface area contributed by atoms with E-state index in [9.17, 15) is 9.59 Å². The highest BCUT2D eigenvalue weighted by Crippen LogP contribution is 2.09. The minimum atomic E-state index is -0.538. The molecule has 0 aromatic rings. The molecule has 0 aliphatic carbocycles. The van der Waals surface area contributed by atoms with Crippen LogP contribution in [0.3, 0.4) is 0 Å². The van der Waals surface area contributed by atoms with Crippen LogP contribution >= 0.6 is 0 Å². The second-order valence-corrected chi connectivity index (χ2v) is 6.28. The Hall–Kier alpha value is -1.26. The van der Waals surface area contributed by atoms with Gasteiger partial charge < -0.3 is 14.8 Å². The van der Waals surface area contributed by atoms with Crippen LogP contribution in [0.4, 0.5) is 4.79 Å². The summed E-state index contributed by atoms with van der Waals surface area (Å²) in [7, 11) is 0. The molecule has 118 valence electrons. The Kier molecular flexibility index (Phi) is 8.26. The first-order valence-corrected chi connectivity index (χ1v) is 7.30. The number of hydrogen-bond donors (Lipinski definition) is 1. The monoisotopic (exact) mass is 287 g/mol. The van der Waals surface area contributed by atoms with E-state index >= 15 is 0 Å². The van der Waals surface area contributed by atoms with Crippen molar-refractivity contribution < 1.29 is 19.1 Å². The number of alkyl carbamates (subject to hydrolysis) is 1. The highest BCUT2D eigenvalue weighted by Gasteiger charge is 2.22. The number of carbonyl (C=O) groups excluding carboxylic acids is 2. The molecule has 0 aliphatic rings. The van der Waals surface area contributed by atoms with Crippen molar-refractivity contribution in [2.45, 2.75) is 72.4 Å².